The lowest BCUT2D eigenvalue weighted by molar-refractivity contribution is 0.573. The van der Waals surface area contributed by atoms with Crippen LogP contribution in [0.2, 0.25) is 0 Å². The quantitative estimate of drug-likeness (QED) is 0.833. The van der Waals surface area contributed by atoms with Crippen molar-refractivity contribution in [2.75, 3.05) is 17.6 Å². The van der Waals surface area contributed by atoms with Crippen molar-refractivity contribution in [3.63, 3.8) is 0 Å². The van der Waals surface area contributed by atoms with E-state index in [2.05, 4.69) is 35.1 Å². The fourth-order valence-electron chi connectivity index (χ4n) is 1.87. The molecular weight excluding hydrogens is 271 g/mol. The predicted octanol–water partition coefficient (Wildman–Crippen LogP) is 3.63. The summed E-state index contributed by atoms with van der Waals surface area (Å²) < 4.78 is 13.6. The van der Waals surface area contributed by atoms with E-state index in [4.69, 9.17) is 5.73 Å². The maximum atomic E-state index is 13.1. The molecule has 1 atom stereocenters. The molecule has 0 aliphatic heterocycles. The zero-order valence-corrected chi connectivity index (χ0v) is 11.1. The van der Waals surface area contributed by atoms with Gasteiger partial charge in [0.1, 0.15) is 5.82 Å². The standard InChI is InChI=1S/C12H16BrFN2/c1-12(2)5-7(12)6-16-11-3-8(13)9(14)4-10(11)15/h3-4,7,16H,5-6,15H2,1-2H3. The smallest absolute Gasteiger partial charge is 0.139 e. The fourth-order valence-corrected chi connectivity index (χ4v) is 2.22. The van der Waals surface area contributed by atoms with Crippen LogP contribution in [0.5, 0.6) is 0 Å². The van der Waals surface area contributed by atoms with Crippen molar-refractivity contribution >= 4 is 27.3 Å². The Morgan fingerprint density at radius 3 is 2.75 bits per heavy atom. The van der Waals surface area contributed by atoms with Gasteiger partial charge in [0.15, 0.2) is 0 Å². The Morgan fingerprint density at radius 2 is 2.19 bits per heavy atom. The highest BCUT2D eigenvalue weighted by Crippen LogP contribution is 2.51. The van der Waals surface area contributed by atoms with E-state index in [0.717, 1.165) is 12.2 Å². The van der Waals surface area contributed by atoms with Crippen LogP contribution in [0.15, 0.2) is 16.6 Å². The molecule has 16 heavy (non-hydrogen) atoms. The van der Waals surface area contributed by atoms with E-state index in [-0.39, 0.29) is 5.82 Å². The second kappa shape index (κ2) is 3.91. The van der Waals surface area contributed by atoms with E-state index >= 15 is 0 Å². The Labute approximate surface area is 104 Å². The van der Waals surface area contributed by atoms with Crippen molar-refractivity contribution in [2.45, 2.75) is 20.3 Å². The Bertz CT molecular complexity index is 418. The second-order valence-corrected chi connectivity index (χ2v) is 5.98. The molecule has 1 saturated carbocycles. The molecule has 88 valence electrons. The van der Waals surface area contributed by atoms with Crippen molar-refractivity contribution in [1.29, 1.82) is 0 Å². The Kier molecular flexibility index (Phi) is 2.86. The highest BCUT2D eigenvalue weighted by Gasteiger charge is 2.44. The van der Waals surface area contributed by atoms with Crippen LogP contribution in [0, 0.1) is 17.2 Å². The summed E-state index contributed by atoms with van der Waals surface area (Å²) in [4.78, 5) is 0. The summed E-state index contributed by atoms with van der Waals surface area (Å²) in [6.45, 7) is 5.40. The van der Waals surface area contributed by atoms with E-state index in [1.807, 2.05) is 0 Å². The number of halogens is 2. The number of nitrogens with two attached hydrogens (primary N) is 1. The first kappa shape index (κ1) is 11.7. The Morgan fingerprint density at radius 1 is 1.56 bits per heavy atom. The summed E-state index contributed by atoms with van der Waals surface area (Å²) in [7, 11) is 0. The summed E-state index contributed by atoms with van der Waals surface area (Å²) in [5.74, 6) is 0.366. The van der Waals surface area contributed by atoms with Crippen LogP contribution in [0.25, 0.3) is 0 Å². The molecule has 2 rings (SSSR count). The number of anilines is 2. The molecule has 0 saturated heterocycles. The minimum Gasteiger partial charge on any atom is -0.397 e. The molecule has 1 aromatic rings. The molecule has 0 aromatic heterocycles. The lowest BCUT2D eigenvalue weighted by Crippen LogP contribution is -2.09. The third kappa shape index (κ3) is 2.32. The molecule has 1 aliphatic rings. The first-order valence-electron chi connectivity index (χ1n) is 5.38. The van der Waals surface area contributed by atoms with Gasteiger partial charge in [-0.05, 0) is 39.8 Å². The lowest BCUT2D eigenvalue weighted by atomic mass is 10.1. The average Bonchev–Trinajstić information content (AvgIpc) is 2.78. The number of rotatable bonds is 3. The van der Waals surface area contributed by atoms with E-state index in [9.17, 15) is 4.39 Å². The van der Waals surface area contributed by atoms with Gasteiger partial charge in [-0.1, -0.05) is 13.8 Å². The summed E-state index contributed by atoms with van der Waals surface area (Å²) >= 11 is 3.15. The van der Waals surface area contributed by atoms with Gasteiger partial charge < -0.3 is 11.1 Å². The van der Waals surface area contributed by atoms with Crippen LogP contribution in [0.3, 0.4) is 0 Å². The van der Waals surface area contributed by atoms with E-state index in [1.165, 1.54) is 12.5 Å². The molecule has 4 heteroatoms. The van der Waals surface area contributed by atoms with Gasteiger partial charge in [0.25, 0.3) is 0 Å². The minimum absolute atomic E-state index is 0.324. The van der Waals surface area contributed by atoms with Crippen molar-refractivity contribution in [3.8, 4) is 0 Å². The maximum absolute atomic E-state index is 13.1. The SMILES string of the molecule is CC1(C)CC1CNc1cc(Br)c(F)cc1N. The molecule has 1 unspecified atom stereocenters. The van der Waals surface area contributed by atoms with Crippen molar-refractivity contribution in [2.24, 2.45) is 11.3 Å². The molecule has 0 radical (unpaired) electrons. The molecular formula is C12H16BrFN2. The molecule has 2 nitrogen and oxygen atoms in total. The minimum atomic E-state index is -0.324. The summed E-state index contributed by atoms with van der Waals surface area (Å²) in [6, 6.07) is 3.03. The zero-order valence-electron chi connectivity index (χ0n) is 9.48. The van der Waals surface area contributed by atoms with Gasteiger partial charge in [-0.2, -0.15) is 0 Å². The molecule has 0 amide bonds. The Hall–Kier alpha value is -0.770. The lowest BCUT2D eigenvalue weighted by Gasteiger charge is -2.11. The van der Waals surface area contributed by atoms with Gasteiger partial charge in [-0.3, -0.25) is 0 Å². The maximum Gasteiger partial charge on any atom is 0.139 e. The summed E-state index contributed by atoms with van der Waals surface area (Å²) in [6.07, 6.45) is 1.24. The topological polar surface area (TPSA) is 38.0 Å². The third-order valence-electron chi connectivity index (χ3n) is 3.35. The van der Waals surface area contributed by atoms with Gasteiger partial charge in [-0.15, -0.1) is 0 Å². The number of hydrogen-bond acceptors (Lipinski definition) is 2. The van der Waals surface area contributed by atoms with Gasteiger partial charge >= 0.3 is 0 Å². The molecule has 0 spiro atoms. The first-order valence-corrected chi connectivity index (χ1v) is 6.18. The average molecular weight is 287 g/mol. The van der Waals surface area contributed by atoms with Gasteiger partial charge in [-0.25, -0.2) is 4.39 Å². The van der Waals surface area contributed by atoms with Crippen LogP contribution in [-0.4, -0.2) is 6.54 Å². The highest BCUT2D eigenvalue weighted by molar-refractivity contribution is 9.10. The van der Waals surface area contributed by atoms with Crippen LogP contribution in [0.1, 0.15) is 20.3 Å². The summed E-state index contributed by atoms with van der Waals surface area (Å²) in [5.41, 5.74) is 7.44. The first-order chi connectivity index (χ1) is 7.40. The van der Waals surface area contributed by atoms with Crippen LogP contribution in [-0.2, 0) is 0 Å². The van der Waals surface area contributed by atoms with E-state index < -0.39 is 0 Å². The molecule has 1 fully saturated rings. The fraction of sp³-hybridized carbons (Fsp3) is 0.500. The van der Waals surface area contributed by atoms with Crippen LogP contribution >= 0.6 is 15.9 Å². The summed E-state index contributed by atoms with van der Waals surface area (Å²) in [5, 5.41) is 3.28. The largest absolute Gasteiger partial charge is 0.397 e. The van der Waals surface area contributed by atoms with Crippen molar-refractivity contribution in [1.82, 2.24) is 0 Å². The van der Waals surface area contributed by atoms with E-state index in [1.54, 1.807) is 6.07 Å². The van der Waals surface area contributed by atoms with E-state index in [0.29, 0.717) is 21.5 Å². The molecule has 0 heterocycles. The molecule has 1 aromatic carbocycles. The normalized spacial score (nSPS) is 21.9. The number of nitrogen functional groups attached to an aromatic ring is 1. The molecule has 3 N–H and O–H groups in total. The number of hydrogen-bond donors (Lipinski definition) is 2. The molecule has 1 aliphatic carbocycles. The molecule has 0 bridgehead atoms. The van der Waals surface area contributed by atoms with Gasteiger partial charge in [0.2, 0.25) is 0 Å². The number of nitrogens with one attached hydrogen (secondary N) is 1. The van der Waals surface area contributed by atoms with Crippen LogP contribution < -0.4 is 11.1 Å². The Balaban J connectivity index is 2.02. The second-order valence-electron chi connectivity index (χ2n) is 5.12. The third-order valence-corrected chi connectivity index (χ3v) is 3.96. The van der Waals surface area contributed by atoms with Gasteiger partial charge in [0, 0.05) is 12.6 Å². The number of benzene rings is 1. The van der Waals surface area contributed by atoms with Crippen molar-refractivity contribution < 1.29 is 4.39 Å². The van der Waals surface area contributed by atoms with Gasteiger partial charge in [0.05, 0.1) is 15.8 Å². The highest BCUT2D eigenvalue weighted by atomic mass is 79.9. The van der Waals surface area contributed by atoms with Crippen molar-refractivity contribution in [3.05, 3.63) is 22.4 Å². The van der Waals surface area contributed by atoms with Crippen LogP contribution in [0.4, 0.5) is 15.8 Å². The monoisotopic (exact) mass is 286 g/mol. The predicted molar refractivity (Wildman–Crippen MR) is 68.9 cm³/mol. The zero-order chi connectivity index (χ0) is 11.9.